The fraction of sp³-hybridized carbons (Fsp3) is 0.316. The Morgan fingerprint density at radius 1 is 1.41 bits per heavy atom. The SMILES string of the molecule is CCn1c(CCNC(=O)c2cc(C)nc3c2cnn3Cc2cccs2)n[nH]c1=S. The predicted molar refractivity (Wildman–Crippen MR) is 115 cm³/mol. The summed E-state index contributed by atoms with van der Waals surface area (Å²) in [5.74, 6) is 0.686. The molecule has 4 heterocycles. The first-order valence-corrected chi connectivity index (χ1v) is 10.6. The average molecular weight is 428 g/mol. The van der Waals surface area contributed by atoms with Crippen LogP contribution in [0, 0.1) is 11.7 Å². The van der Waals surface area contributed by atoms with Gasteiger partial charge in [-0.25, -0.2) is 9.67 Å². The van der Waals surface area contributed by atoms with Crippen LogP contribution in [-0.4, -0.2) is 42.0 Å². The van der Waals surface area contributed by atoms with E-state index < -0.39 is 0 Å². The zero-order chi connectivity index (χ0) is 20.4. The molecular formula is C19H21N7OS2. The highest BCUT2D eigenvalue weighted by Crippen LogP contribution is 2.20. The molecular weight excluding hydrogens is 406 g/mol. The molecule has 0 saturated heterocycles. The van der Waals surface area contributed by atoms with E-state index in [4.69, 9.17) is 12.2 Å². The number of aromatic amines is 1. The fourth-order valence-corrected chi connectivity index (χ4v) is 4.24. The average Bonchev–Trinajstić information content (AvgIpc) is 3.43. The number of hydrogen-bond donors (Lipinski definition) is 2. The van der Waals surface area contributed by atoms with Crippen molar-refractivity contribution in [3.63, 3.8) is 0 Å². The number of thiophene rings is 1. The lowest BCUT2D eigenvalue weighted by atomic mass is 10.1. The number of hydrogen-bond acceptors (Lipinski definition) is 6. The van der Waals surface area contributed by atoms with Crippen LogP contribution in [0.15, 0.2) is 29.8 Å². The van der Waals surface area contributed by atoms with Crippen LogP contribution < -0.4 is 5.32 Å². The van der Waals surface area contributed by atoms with Gasteiger partial charge in [0.2, 0.25) is 0 Å². The molecule has 29 heavy (non-hydrogen) atoms. The van der Waals surface area contributed by atoms with Gasteiger partial charge in [-0.3, -0.25) is 9.89 Å². The van der Waals surface area contributed by atoms with Gasteiger partial charge in [0.15, 0.2) is 10.4 Å². The van der Waals surface area contributed by atoms with Crippen LogP contribution in [0.3, 0.4) is 0 Å². The number of fused-ring (bicyclic) bond motifs is 1. The van der Waals surface area contributed by atoms with Gasteiger partial charge < -0.3 is 9.88 Å². The maximum atomic E-state index is 12.9. The number of pyridine rings is 1. The van der Waals surface area contributed by atoms with Crippen molar-refractivity contribution in [2.24, 2.45) is 0 Å². The second kappa shape index (κ2) is 8.26. The van der Waals surface area contributed by atoms with Crippen molar-refractivity contribution in [1.82, 2.24) is 34.8 Å². The topological polar surface area (TPSA) is 93.4 Å². The summed E-state index contributed by atoms with van der Waals surface area (Å²) in [5, 5.41) is 17.3. The summed E-state index contributed by atoms with van der Waals surface area (Å²) < 4.78 is 4.35. The Balaban J connectivity index is 1.52. The van der Waals surface area contributed by atoms with Gasteiger partial charge in [0.1, 0.15) is 5.82 Å². The van der Waals surface area contributed by atoms with Crippen molar-refractivity contribution in [1.29, 1.82) is 0 Å². The Morgan fingerprint density at radius 3 is 3.03 bits per heavy atom. The monoisotopic (exact) mass is 427 g/mol. The molecule has 0 fully saturated rings. The van der Waals surface area contributed by atoms with E-state index in [1.807, 2.05) is 34.5 Å². The first-order valence-electron chi connectivity index (χ1n) is 9.34. The molecule has 0 aliphatic rings. The highest BCUT2D eigenvalue weighted by molar-refractivity contribution is 7.71. The number of carbonyl (C=O) groups excluding carboxylic acids is 1. The van der Waals surface area contributed by atoms with Crippen molar-refractivity contribution < 1.29 is 4.79 Å². The Hall–Kier alpha value is -2.85. The normalized spacial score (nSPS) is 11.2. The Kier molecular flexibility index (Phi) is 5.54. The second-order valence-corrected chi connectivity index (χ2v) is 8.04. The molecule has 8 nitrogen and oxygen atoms in total. The quantitative estimate of drug-likeness (QED) is 0.442. The molecule has 0 spiro atoms. The van der Waals surface area contributed by atoms with Crippen LogP contribution in [0.1, 0.15) is 33.7 Å². The van der Waals surface area contributed by atoms with Gasteiger partial charge >= 0.3 is 0 Å². The van der Waals surface area contributed by atoms with Gasteiger partial charge in [-0.2, -0.15) is 10.2 Å². The summed E-state index contributed by atoms with van der Waals surface area (Å²) in [6.45, 7) is 5.74. The van der Waals surface area contributed by atoms with Gasteiger partial charge in [-0.05, 0) is 43.6 Å². The van der Waals surface area contributed by atoms with E-state index in [1.165, 1.54) is 4.88 Å². The molecule has 0 unspecified atom stereocenters. The Bertz CT molecular complexity index is 1200. The van der Waals surface area contributed by atoms with E-state index in [1.54, 1.807) is 23.6 Å². The molecule has 0 saturated carbocycles. The molecule has 0 aliphatic heterocycles. The number of carbonyl (C=O) groups is 1. The van der Waals surface area contributed by atoms with E-state index in [2.05, 4.69) is 31.7 Å². The van der Waals surface area contributed by atoms with Crippen molar-refractivity contribution in [2.75, 3.05) is 6.54 Å². The highest BCUT2D eigenvalue weighted by atomic mass is 32.1. The third-order valence-electron chi connectivity index (χ3n) is 4.66. The molecule has 150 valence electrons. The number of amides is 1. The summed E-state index contributed by atoms with van der Waals surface area (Å²) >= 11 is 6.88. The van der Waals surface area contributed by atoms with E-state index in [0.717, 1.165) is 29.1 Å². The van der Waals surface area contributed by atoms with Gasteiger partial charge in [0, 0.05) is 30.1 Å². The molecule has 4 aromatic heterocycles. The maximum absolute atomic E-state index is 12.9. The minimum atomic E-state index is -0.145. The summed E-state index contributed by atoms with van der Waals surface area (Å²) in [6.07, 6.45) is 2.31. The molecule has 0 radical (unpaired) electrons. The van der Waals surface area contributed by atoms with Gasteiger partial charge in [-0.1, -0.05) is 6.07 Å². The molecule has 1 amide bonds. The predicted octanol–water partition coefficient (Wildman–Crippen LogP) is 3.10. The smallest absolute Gasteiger partial charge is 0.252 e. The van der Waals surface area contributed by atoms with Gasteiger partial charge in [0.25, 0.3) is 5.91 Å². The molecule has 10 heteroatoms. The number of aryl methyl sites for hydroxylation is 1. The van der Waals surface area contributed by atoms with Crippen molar-refractivity contribution in [3.05, 3.63) is 56.5 Å². The largest absolute Gasteiger partial charge is 0.352 e. The van der Waals surface area contributed by atoms with E-state index in [9.17, 15) is 4.79 Å². The standard InChI is InChI=1S/C19H21N7OS2/c1-3-25-16(23-24-19(25)28)6-7-20-18(27)14-9-12(2)22-17-15(14)10-21-26(17)11-13-5-4-8-29-13/h4-5,8-10H,3,6-7,11H2,1-2H3,(H,20,27)(H,24,28). The third-order valence-corrected chi connectivity index (χ3v) is 5.83. The van der Waals surface area contributed by atoms with E-state index >= 15 is 0 Å². The van der Waals surface area contributed by atoms with Crippen LogP contribution in [-0.2, 0) is 19.5 Å². The number of H-pyrrole nitrogens is 1. The van der Waals surface area contributed by atoms with Gasteiger partial charge in [0.05, 0.1) is 23.7 Å². The molecule has 0 atom stereocenters. The lowest BCUT2D eigenvalue weighted by molar-refractivity contribution is 0.0955. The zero-order valence-electron chi connectivity index (χ0n) is 16.2. The third kappa shape index (κ3) is 3.99. The van der Waals surface area contributed by atoms with Crippen LogP contribution in [0.5, 0.6) is 0 Å². The molecule has 2 N–H and O–H groups in total. The second-order valence-electron chi connectivity index (χ2n) is 6.63. The summed E-state index contributed by atoms with van der Waals surface area (Å²) in [7, 11) is 0. The highest BCUT2D eigenvalue weighted by Gasteiger charge is 2.16. The maximum Gasteiger partial charge on any atom is 0.252 e. The van der Waals surface area contributed by atoms with Crippen molar-refractivity contribution in [2.45, 2.75) is 33.4 Å². The van der Waals surface area contributed by atoms with Crippen LogP contribution in [0.25, 0.3) is 11.0 Å². The molecule has 4 aromatic rings. The minimum Gasteiger partial charge on any atom is -0.352 e. The minimum absolute atomic E-state index is 0.145. The summed E-state index contributed by atoms with van der Waals surface area (Å²) in [4.78, 5) is 18.7. The summed E-state index contributed by atoms with van der Waals surface area (Å²) in [5.41, 5.74) is 2.08. The van der Waals surface area contributed by atoms with Crippen LogP contribution in [0.4, 0.5) is 0 Å². The van der Waals surface area contributed by atoms with Crippen LogP contribution >= 0.6 is 23.6 Å². The first kappa shape index (κ1) is 19.5. The molecule has 0 aliphatic carbocycles. The Labute approximate surface area is 176 Å². The van der Waals surface area contributed by atoms with Gasteiger partial charge in [-0.15, -0.1) is 11.3 Å². The lowest BCUT2D eigenvalue weighted by Gasteiger charge is -2.08. The molecule has 4 rings (SSSR count). The lowest BCUT2D eigenvalue weighted by Crippen LogP contribution is -2.27. The van der Waals surface area contributed by atoms with Crippen LogP contribution in [0.2, 0.25) is 0 Å². The zero-order valence-corrected chi connectivity index (χ0v) is 17.8. The van der Waals surface area contributed by atoms with Crippen molar-refractivity contribution >= 4 is 40.5 Å². The first-order chi connectivity index (χ1) is 14.1. The van der Waals surface area contributed by atoms with E-state index in [0.29, 0.717) is 29.8 Å². The Morgan fingerprint density at radius 2 is 2.28 bits per heavy atom. The number of rotatable bonds is 7. The number of aromatic nitrogens is 6. The fourth-order valence-electron chi connectivity index (χ4n) is 3.28. The van der Waals surface area contributed by atoms with E-state index in [-0.39, 0.29) is 5.91 Å². The van der Waals surface area contributed by atoms with Crippen molar-refractivity contribution in [3.8, 4) is 0 Å². The molecule has 0 bridgehead atoms. The molecule has 0 aromatic carbocycles. The number of nitrogens with one attached hydrogen (secondary N) is 2. The summed E-state index contributed by atoms with van der Waals surface area (Å²) in [6, 6.07) is 5.88. The number of nitrogens with zero attached hydrogens (tertiary/aromatic N) is 5.